The van der Waals surface area contributed by atoms with Crippen molar-refractivity contribution in [1.29, 1.82) is 0 Å². The van der Waals surface area contributed by atoms with Crippen LogP contribution in [0.15, 0.2) is 0 Å². The van der Waals surface area contributed by atoms with Crippen molar-refractivity contribution in [3.05, 3.63) is 0 Å². The highest BCUT2D eigenvalue weighted by Crippen LogP contribution is 2.01. The van der Waals surface area contributed by atoms with Gasteiger partial charge >= 0.3 is 12.3 Å². The molecule has 0 aliphatic carbocycles. The maximum Gasteiger partial charge on any atom is 0.503 e. The van der Waals surface area contributed by atoms with Crippen molar-refractivity contribution in [2.75, 3.05) is 0 Å². The van der Waals surface area contributed by atoms with Gasteiger partial charge in [-0.25, -0.2) is 14.5 Å². The van der Waals surface area contributed by atoms with Gasteiger partial charge < -0.3 is 20.4 Å². The largest absolute Gasteiger partial charge is 0.503 e. The standard InChI is InChI=1S/C4H10O2.C3H8.2CH2O3/c1-4(2,3)6-5;1-3-2;2*2-1(3)4/h5H,1-3H3;3H2,1-2H3;2*(H2,2,3,4). The van der Waals surface area contributed by atoms with Crippen molar-refractivity contribution in [3.63, 3.8) is 0 Å². The van der Waals surface area contributed by atoms with Crippen LogP contribution in [-0.2, 0) is 4.89 Å². The molecule has 0 unspecified atom stereocenters. The van der Waals surface area contributed by atoms with Gasteiger partial charge in [-0.3, -0.25) is 5.26 Å². The maximum absolute atomic E-state index is 8.56. The Morgan fingerprint density at radius 1 is 0.941 bits per heavy atom. The maximum atomic E-state index is 8.56. The van der Waals surface area contributed by atoms with E-state index in [1.165, 1.54) is 6.42 Å². The minimum atomic E-state index is -1.83. The van der Waals surface area contributed by atoms with Crippen LogP contribution >= 0.6 is 0 Å². The van der Waals surface area contributed by atoms with Crippen LogP contribution < -0.4 is 0 Å². The molecule has 0 heterocycles. The molecule has 0 atom stereocenters. The number of carbonyl (C=O) groups is 2. The average Bonchev–Trinajstić information content (AvgIpc) is 2.02. The van der Waals surface area contributed by atoms with Gasteiger partial charge in [0.25, 0.3) is 0 Å². The van der Waals surface area contributed by atoms with Gasteiger partial charge in [0.05, 0.1) is 5.60 Å². The summed E-state index contributed by atoms with van der Waals surface area (Å²) in [6, 6.07) is 0. The molecular weight excluding hydrogens is 236 g/mol. The van der Waals surface area contributed by atoms with E-state index in [1.54, 1.807) is 20.8 Å². The Balaban J connectivity index is -0.0000000688. The minimum absolute atomic E-state index is 0.403. The fraction of sp³-hybridized carbons (Fsp3) is 0.778. The summed E-state index contributed by atoms with van der Waals surface area (Å²) in [6.07, 6.45) is -2.42. The molecule has 0 aromatic carbocycles. The zero-order valence-corrected chi connectivity index (χ0v) is 10.7. The van der Waals surface area contributed by atoms with Crippen molar-refractivity contribution in [2.45, 2.75) is 46.6 Å². The fourth-order valence-corrected chi connectivity index (χ4v) is 0. The van der Waals surface area contributed by atoms with Gasteiger partial charge in [-0.2, -0.15) is 0 Å². The fourth-order valence-electron chi connectivity index (χ4n) is 0. The van der Waals surface area contributed by atoms with Crippen LogP contribution in [0.25, 0.3) is 0 Å². The lowest BCUT2D eigenvalue weighted by Crippen LogP contribution is -2.15. The number of hydrogen-bond acceptors (Lipinski definition) is 4. The number of rotatable bonds is 0. The monoisotopic (exact) mass is 258 g/mol. The van der Waals surface area contributed by atoms with Crippen LogP contribution in [-0.4, -0.2) is 43.6 Å². The molecule has 0 aromatic heterocycles. The molecule has 0 amide bonds. The van der Waals surface area contributed by atoms with Gasteiger partial charge in [0, 0.05) is 0 Å². The zero-order valence-electron chi connectivity index (χ0n) is 10.7. The molecule has 0 aliphatic heterocycles. The van der Waals surface area contributed by atoms with Crippen LogP contribution in [0.4, 0.5) is 9.59 Å². The van der Waals surface area contributed by atoms with Crippen molar-refractivity contribution >= 4 is 12.3 Å². The van der Waals surface area contributed by atoms with Gasteiger partial charge in [0.15, 0.2) is 0 Å². The average molecular weight is 258 g/mol. The molecule has 8 heteroatoms. The molecule has 106 valence electrons. The predicted molar refractivity (Wildman–Crippen MR) is 60.7 cm³/mol. The molecule has 5 N–H and O–H groups in total. The molecule has 8 nitrogen and oxygen atoms in total. The summed E-state index contributed by atoms with van der Waals surface area (Å²) in [5.74, 6) is 0. The van der Waals surface area contributed by atoms with E-state index in [2.05, 4.69) is 18.7 Å². The Hall–Kier alpha value is -1.54. The first-order valence-corrected chi connectivity index (χ1v) is 4.60. The van der Waals surface area contributed by atoms with Crippen molar-refractivity contribution < 1.29 is 40.2 Å². The van der Waals surface area contributed by atoms with Crippen LogP contribution in [0.5, 0.6) is 0 Å². The van der Waals surface area contributed by atoms with Crippen LogP contribution in [0.1, 0.15) is 41.0 Å². The third-order valence-electron chi connectivity index (χ3n) is 0.274. The van der Waals surface area contributed by atoms with Gasteiger partial charge in [-0.15, -0.1) is 0 Å². The van der Waals surface area contributed by atoms with E-state index in [1.807, 2.05) is 0 Å². The molecule has 0 spiro atoms. The predicted octanol–water partition coefficient (Wildman–Crippen LogP) is 3.14. The number of carboxylic acid groups (broad SMARTS) is 4. The SMILES string of the molecule is CC(C)(C)OO.CCC.O=C(O)O.O=C(O)O. The second kappa shape index (κ2) is 16.9. The van der Waals surface area contributed by atoms with Gasteiger partial charge in [-0.05, 0) is 20.8 Å². The molecule has 0 saturated carbocycles. The van der Waals surface area contributed by atoms with Gasteiger partial charge in [0.1, 0.15) is 0 Å². The molecule has 0 aliphatic rings. The topological polar surface area (TPSA) is 145 Å². The summed E-state index contributed by atoms with van der Waals surface area (Å²) < 4.78 is 0. The van der Waals surface area contributed by atoms with E-state index in [-0.39, 0.29) is 0 Å². The zero-order chi connectivity index (χ0) is 15.1. The third kappa shape index (κ3) is 1050. The Labute approximate surface area is 100 Å². The van der Waals surface area contributed by atoms with E-state index in [0.717, 1.165) is 0 Å². The van der Waals surface area contributed by atoms with Gasteiger partial charge in [-0.1, -0.05) is 20.3 Å². The van der Waals surface area contributed by atoms with Crippen molar-refractivity contribution in [1.82, 2.24) is 0 Å². The minimum Gasteiger partial charge on any atom is -0.450 e. The Morgan fingerprint density at radius 3 is 1.00 bits per heavy atom. The molecule has 0 rings (SSSR count). The third-order valence-corrected chi connectivity index (χ3v) is 0.274. The highest BCUT2D eigenvalue weighted by atomic mass is 17.1. The van der Waals surface area contributed by atoms with Crippen LogP contribution in [0.3, 0.4) is 0 Å². The Bertz CT molecular complexity index is 152. The summed E-state index contributed by atoms with van der Waals surface area (Å²) in [5, 5.41) is 35.8. The number of hydrogen-bond donors (Lipinski definition) is 5. The van der Waals surface area contributed by atoms with Crippen LogP contribution in [0, 0.1) is 0 Å². The van der Waals surface area contributed by atoms with E-state index < -0.39 is 17.9 Å². The second-order valence-corrected chi connectivity index (χ2v) is 3.48. The van der Waals surface area contributed by atoms with Gasteiger partial charge in [0.2, 0.25) is 0 Å². The summed E-state index contributed by atoms with van der Waals surface area (Å²) in [5.41, 5.74) is -0.403. The molecule has 0 bridgehead atoms. The first-order valence-electron chi connectivity index (χ1n) is 4.60. The van der Waals surface area contributed by atoms with Crippen molar-refractivity contribution in [2.24, 2.45) is 0 Å². The summed E-state index contributed by atoms with van der Waals surface area (Å²) >= 11 is 0. The van der Waals surface area contributed by atoms with E-state index in [4.69, 9.17) is 35.3 Å². The normalized spacial score (nSPS) is 8.12. The lowest BCUT2D eigenvalue weighted by molar-refractivity contribution is -0.306. The van der Waals surface area contributed by atoms with Crippen LogP contribution in [0.2, 0.25) is 0 Å². The first kappa shape index (κ1) is 24.6. The molecule has 17 heavy (non-hydrogen) atoms. The smallest absolute Gasteiger partial charge is 0.450 e. The van der Waals surface area contributed by atoms with E-state index in [0.29, 0.717) is 0 Å². The lowest BCUT2D eigenvalue weighted by atomic mass is 10.2. The molecule has 0 radical (unpaired) electrons. The molecular formula is C9H22O8. The van der Waals surface area contributed by atoms with E-state index in [9.17, 15) is 0 Å². The summed E-state index contributed by atoms with van der Waals surface area (Å²) in [6.45, 7) is 9.56. The summed E-state index contributed by atoms with van der Waals surface area (Å²) in [7, 11) is 0. The summed E-state index contributed by atoms with van der Waals surface area (Å²) in [4.78, 5) is 21.0. The Kier molecular flexibility index (Phi) is 24.4. The molecule has 0 fully saturated rings. The lowest BCUT2D eigenvalue weighted by Gasteiger charge is -2.10. The highest BCUT2D eigenvalue weighted by Gasteiger charge is 2.06. The molecule has 0 aromatic rings. The van der Waals surface area contributed by atoms with E-state index >= 15 is 0 Å². The quantitative estimate of drug-likeness (QED) is 0.329. The van der Waals surface area contributed by atoms with Crippen molar-refractivity contribution in [3.8, 4) is 0 Å². The second-order valence-electron chi connectivity index (χ2n) is 3.48. The first-order chi connectivity index (χ1) is 7.44. The Morgan fingerprint density at radius 2 is 1.00 bits per heavy atom. The highest BCUT2D eigenvalue weighted by molar-refractivity contribution is 5.53. The molecule has 0 saturated heterocycles.